The van der Waals surface area contributed by atoms with Crippen LogP contribution in [0.5, 0.6) is 0 Å². The van der Waals surface area contributed by atoms with E-state index in [1.54, 1.807) is 0 Å². The molecular formula is C18H29N3O. The van der Waals surface area contributed by atoms with E-state index in [0.717, 1.165) is 30.3 Å². The molecule has 2 rings (SSSR count). The number of nitrogens with one attached hydrogen (secondary N) is 1. The summed E-state index contributed by atoms with van der Waals surface area (Å²) in [5.41, 5.74) is 8.45. The molecule has 0 bridgehead atoms. The summed E-state index contributed by atoms with van der Waals surface area (Å²) in [7, 11) is 0. The van der Waals surface area contributed by atoms with Crippen molar-refractivity contribution in [3.05, 3.63) is 23.8 Å². The molecule has 1 unspecified atom stereocenters. The Morgan fingerprint density at radius 2 is 1.95 bits per heavy atom. The summed E-state index contributed by atoms with van der Waals surface area (Å²) in [5.74, 6) is 1.13. The van der Waals surface area contributed by atoms with Crippen LogP contribution in [-0.4, -0.2) is 29.9 Å². The molecule has 0 spiro atoms. The summed E-state index contributed by atoms with van der Waals surface area (Å²) in [6.07, 6.45) is 2.35. The average Bonchev–Trinajstić information content (AvgIpc) is 2.45. The van der Waals surface area contributed by atoms with Crippen LogP contribution in [0.4, 0.5) is 11.4 Å². The lowest BCUT2D eigenvalue weighted by molar-refractivity contribution is -0.123. The molecule has 0 saturated carbocycles. The number of carbonyl (C=O) groups excluding carboxylic acids is 1. The van der Waals surface area contributed by atoms with Crippen molar-refractivity contribution in [1.82, 2.24) is 4.90 Å². The molecule has 1 aliphatic heterocycles. The van der Waals surface area contributed by atoms with Gasteiger partial charge >= 0.3 is 0 Å². The van der Waals surface area contributed by atoms with Crippen LogP contribution in [0.1, 0.15) is 39.2 Å². The van der Waals surface area contributed by atoms with Gasteiger partial charge in [0.15, 0.2) is 0 Å². The van der Waals surface area contributed by atoms with Gasteiger partial charge in [0.25, 0.3) is 0 Å². The van der Waals surface area contributed by atoms with Crippen LogP contribution in [0.3, 0.4) is 0 Å². The van der Waals surface area contributed by atoms with Crippen molar-refractivity contribution in [2.24, 2.45) is 11.8 Å². The molecule has 1 atom stereocenters. The van der Waals surface area contributed by atoms with Crippen molar-refractivity contribution in [2.45, 2.75) is 46.6 Å². The number of rotatable bonds is 4. The molecule has 1 aromatic rings. The van der Waals surface area contributed by atoms with Gasteiger partial charge in [-0.3, -0.25) is 9.69 Å². The molecule has 0 aliphatic carbocycles. The highest BCUT2D eigenvalue weighted by molar-refractivity contribution is 5.95. The van der Waals surface area contributed by atoms with E-state index in [-0.39, 0.29) is 17.9 Å². The number of aryl methyl sites for hydroxylation is 1. The zero-order chi connectivity index (χ0) is 16.3. The van der Waals surface area contributed by atoms with Crippen LogP contribution in [0.25, 0.3) is 0 Å². The van der Waals surface area contributed by atoms with Crippen molar-refractivity contribution < 1.29 is 4.79 Å². The van der Waals surface area contributed by atoms with Gasteiger partial charge in [-0.1, -0.05) is 26.8 Å². The first kappa shape index (κ1) is 16.8. The van der Waals surface area contributed by atoms with E-state index >= 15 is 0 Å². The minimum atomic E-state index is -0.0740. The molecule has 22 heavy (non-hydrogen) atoms. The number of benzene rings is 1. The quantitative estimate of drug-likeness (QED) is 0.839. The first-order valence-corrected chi connectivity index (χ1v) is 8.29. The highest BCUT2D eigenvalue weighted by atomic mass is 16.2. The number of carbonyl (C=O) groups is 1. The third kappa shape index (κ3) is 4.01. The maximum Gasteiger partial charge on any atom is 0.241 e. The van der Waals surface area contributed by atoms with Gasteiger partial charge in [0.2, 0.25) is 5.91 Å². The Morgan fingerprint density at radius 3 is 2.50 bits per heavy atom. The van der Waals surface area contributed by atoms with Crippen LogP contribution >= 0.6 is 0 Å². The van der Waals surface area contributed by atoms with Gasteiger partial charge in [-0.15, -0.1) is 0 Å². The molecule has 1 amide bonds. The number of nitrogen functional groups attached to an aromatic ring is 1. The highest BCUT2D eigenvalue weighted by Crippen LogP contribution is 2.23. The molecule has 1 fully saturated rings. The Hall–Kier alpha value is -1.55. The third-order valence-corrected chi connectivity index (χ3v) is 4.66. The maximum atomic E-state index is 12.7. The summed E-state index contributed by atoms with van der Waals surface area (Å²) < 4.78 is 0. The van der Waals surface area contributed by atoms with E-state index in [1.807, 2.05) is 25.1 Å². The molecule has 1 saturated heterocycles. The molecule has 1 heterocycles. The second kappa shape index (κ2) is 7.14. The summed E-state index contributed by atoms with van der Waals surface area (Å²) in [6, 6.07) is 5.62. The molecular weight excluding hydrogens is 274 g/mol. The van der Waals surface area contributed by atoms with Crippen molar-refractivity contribution >= 4 is 17.3 Å². The van der Waals surface area contributed by atoms with Crippen LogP contribution in [0.15, 0.2) is 18.2 Å². The first-order chi connectivity index (χ1) is 10.4. The molecule has 0 radical (unpaired) electrons. The molecule has 122 valence electrons. The lowest BCUT2D eigenvalue weighted by Crippen LogP contribution is -2.50. The molecule has 1 aromatic carbocycles. The molecule has 3 N–H and O–H groups in total. The predicted octanol–water partition coefficient (Wildman–Crippen LogP) is 3.27. The zero-order valence-electron chi connectivity index (χ0n) is 14.2. The van der Waals surface area contributed by atoms with Crippen molar-refractivity contribution in [1.29, 1.82) is 0 Å². The summed E-state index contributed by atoms with van der Waals surface area (Å²) in [5, 5.41) is 3.04. The van der Waals surface area contributed by atoms with Crippen molar-refractivity contribution in [3.8, 4) is 0 Å². The molecule has 4 heteroatoms. The molecule has 0 aromatic heterocycles. The van der Waals surface area contributed by atoms with Crippen molar-refractivity contribution in [2.75, 3.05) is 24.1 Å². The van der Waals surface area contributed by atoms with E-state index in [9.17, 15) is 4.79 Å². The Bertz CT molecular complexity index is 519. The second-order valence-electron chi connectivity index (χ2n) is 6.97. The topological polar surface area (TPSA) is 58.4 Å². The van der Waals surface area contributed by atoms with Crippen molar-refractivity contribution in [3.63, 3.8) is 0 Å². The lowest BCUT2D eigenvalue weighted by atomic mass is 9.94. The van der Waals surface area contributed by atoms with Crippen LogP contribution < -0.4 is 11.1 Å². The lowest BCUT2D eigenvalue weighted by Gasteiger charge is -2.37. The minimum Gasteiger partial charge on any atom is -0.398 e. The van der Waals surface area contributed by atoms with Gasteiger partial charge in [-0.25, -0.2) is 0 Å². The number of piperidine rings is 1. The summed E-state index contributed by atoms with van der Waals surface area (Å²) in [4.78, 5) is 15.1. The zero-order valence-corrected chi connectivity index (χ0v) is 14.2. The van der Waals surface area contributed by atoms with E-state index < -0.39 is 0 Å². The maximum absolute atomic E-state index is 12.7. The fraction of sp³-hybridized carbons (Fsp3) is 0.611. The number of likely N-dealkylation sites (tertiary alicyclic amines) is 1. The second-order valence-corrected chi connectivity index (χ2v) is 6.97. The summed E-state index contributed by atoms with van der Waals surface area (Å²) in [6.45, 7) is 10.5. The monoisotopic (exact) mass is 303 g/mol. The normalized spacial score (nSPS) is 18.4. The molecule has 1 aliphatic rings. The van der Waals surface area contributed by atoms with E-state index in [0.29, 0.717) is 5.69 Å². The van der Waals surface area contributed by atoms with Gasteiger partial charge in [-0.05, 0) is 62.4 Å². The SMILES string of the molecule is Cc1ccc(NC(=O)C(C(C)C)N2CCC(C)CC2)cc1N. The Balaban J connectivity index is 2.07. The first-order valence-electron chi connectivity index (χ1n) is 8.29. The fourth-order valence-electron chi connectivity index (χ4n) is 3.13. The highest BCUT2D eigenvalue weighted by Gasteiger charge is 2.31. The van der Waals surface area contributed by atoms with Gasteiger partial charge in [-0.2, -0.15) is 0 Å². The largest absolute Gasteiger partial charge is 0.398 e. The van der Waals surface area contributed by atoms with Gasteiger partial charge in [0, 0.05) is 11.4 Å². The Morgan fingerprint density at radius 1 is 1.32 bits per heavy atom. The fourth-order valence-corrected chi connectivity index (χ4v) is 3.13. The minimum absolute atomic E-state index is 0.0740. The predicted molar refractivity (Wildman–Crippen MR) is 92.8 cm³/mol. The van der Waals surface area contributed by atoms with E-state index in [2.05, 4.69) is 31.0 Å². The Labute approximate surface area is 134 Å². The number of amides is 1. The van der Waals surface area contributed by atoms with Gasteiger partial charge < -0.3 is 11.1 Å². The molecule has 4 nitrogen and oxygen atoms in total. The smallest absolute Gasteiger partial charge is 0.241 e. The third-order valence-electron chi connectivity index (χ3n) is 4.66. The number of hydrogen-bond acceptors (Lipinski definition) is 3. The number of hydrogen-bond donors (Lipinski definition) is 2. The van der Waals surface area contributed by atoms with E-state index in [4.69, 9.17) is 5.73 Å². The van der Waals surface area contributed by atoms with E-state index in [1.165, 1.54) is 12.8 Å². The van der Waals surface area contributed by atoms with Crippen LogP contribution in [-0.2, 0) is 4.79 Å². The average molecular weight is 303 g/mol. The standard InChI is InChI=1S/C18H29N3O/c1-12(2)17(21-9-7-13(3)8-10-21)18(22)20-15-6-5-14(4)16(19)11-15/h5-6,11-13,17H,7-10,19H2,1-4H3,(H,20,22). The number of nitrogens with zero attached hydrogens (tertiary/aromatic N) is 1. The summed E-state index contributed by atoms with van der Waals surface area (Å²) >= 11 is 0. The van der Waals surface area contributed by atoms with Gasteiger partial charge in [0.1, 0.15) is 0 Å². The Kier molecular flexibility index (Phi) is 5.46. The van der Waals surface area contributed by atoms with Crippen LogP contribution in [0, 0.1) is 18.8 Å². The van der Waals surface area contributed by atoms with Crippen LogP contribution in [0.2, 0.25) is 0 Å². The number of nitrogens with two attached hydrogens (primary N) is 1. The number of anilines is 2. The van der Waals surface area contributed by atoms with Gasteiger partial charge in [0.05, 0.1) is 6.04 Å².